The molecule has 0 aromatic rings. The summed E-state index contributed by atoms with van der Waals surface area (Å²) in [4.78, 5) is 23.3. The summed E-state index contributed by atoms with van der Waals surface area (Å²) < 4.78 is 5.69. The van der Waals surface area contributed by atoms with Gasteiger partial charge >= 0.3 is 5.97 Å². The third-order valence-electron chi connectivity index (χ3n) is 11.8. The lowest BCUT2D eigenvalue weighted by molar-refractivity contribution is -0.164. The summed E-state index contributed by atoms with van der Waals surface area (Å²) in [7, 11) is 0. The number of hydrogen-bond donors (Lipinski definition) is 2. The number of hydrogen-bond acceptors (Lipinski definition) is 4. The van der Waals surface area contributed by atoms with Crippen LogP contribution in [0.2, 0.25) is 0 Å². The van der Waals surface area contributed by atoms with Gasteiger partial charge < -0.3 is 14.9 Å². The number of carboxylic acid groups (broad SMARTS) is 1. The molecule has 0 radical (unpaired) electrons. The number of aliphatic hydroxyl groups is 1. The van der Waals surface area contributed by atoms with E-state index in [1.54, 1.807) is 6.92 Å². The lowest BCUT2D eigenvalue weighted by Gasteiger charge is -2.62. The normalized spacial score (nSPS) is 44.6. The van der Waals surface area contributed by atoms with Gasteiger partial charge in [-0.15, -0.1) is 0 Å². The van der Waals surface area contributed by atoms with E-state index in [2.05, 4.69) is 20.8 Å². The SMILES string of the molecule is CCOC(C[C@@]1(O)CC[C@@]2(C)C(CC[C@H]3[C@@H]4CC[C@H]([C@H](C)CCC(=O)O)[C@@]4(C)CC[C@@H]32)C1)C(C)=O. The Bertz CT molecular complexity index is 796. The monoisotopic (exact) mass is 490 g/mol. The van der Waals surface area contributed by atoms with Gasteiger partial charge in [-0.2, -0.15) is 0 Å². The number of fused-ring (bicyclic) bond motifs is 5. The van der Waals surface area contributed by atoms with Crippen LogP contribution in [0.4, 0.5) is 0 Å². The Morgan fingerprint density at radius 3 is 2.37 bits per heavy atom. The number of ether oxygens (including phenoxy) is 1. The van der Waals surface area contributed by atoms with Crippen molar-refractivity contribution in [3.8, 4) is 0 Å². The molecule has 4 saturated carbocycles. The van der Waals surface area contributed by atoms with E-state index < -0.39 is 17.7 Å². The van der Waals surface area contributed by atoms with E-state index in [9.17, 15) is 19.8 Å². The zero-order valence-electron chi connectivity index (χ0n) is 22.9. The molecule has 200 valence electrons. The summed E-state index contributed by atoms with van der Waals surface area (Å²) in [5, 5.41) is 20.8. The number of carbonyl (C=O) groups is 2. The van der Waals surface area contributed by atoms with E-state index in [1.807, 2.05) is 6.92 Å². The Balaban J connectivity index is 1.46. The van der Waals surface area contributed by atoms with Crippen LogP contribution in [0.25, 0.3) is 0 Å². The van der Waals surface area contributed by atoms with Crippen molar-refractivity contribution in [1.29, 1.82) is 0 Å². The maximum Gasteiger partial charge on any atom is 0.303 e. The topological polar surface area (TPSA) is 83.8 Å². The molecule has 4 aliphatic carbocycles. The standard InChI is InChI=1S/C30H50O5/c1-6-35-26(20(3)31)18-30(34)16-15-28(4)21(17-30)8-9-22-24-11-10-23(19(2)7-12-27(32)33)29(24,5)14-13-25(22)28/h19,21-26,34H,6-18H2,1-5H3,(H,32,33)/t19-,21?,22+,23-,24+,25+,26?,28+,29-,30-/m1/s1. The van der Waals surface area contributed by atoms with E-state index in [-0.39, 0.29) is 11.2 Å². The molecule has 5 nitrogen and oxygen atoms in total. The molecular formula is C30H50O5. The maximum atomic E-state index is 12.1. The van der Waals surface area contributed by atoms with Gasteiger partial charge in [0.1, 0.15) is 6.10 Å². The summed E-state index contributed by atoms with van der Waals surface area (Å²) in [6.07, 6.45) is 11.2. The Labute approximate surface area is 212 Å². The molecule has 35 heavy (non-hydrogen) atoms. The molecule has 4 fully saturated rings. The molecule has 2 unspecified atom stereocenters. The van der Waals surface area contributed by atoms with Crippen LogP contribution in [0.15, 0.2) is 0 Å². The molecule has 4 rings (SSSR count). The fourth-order valence-electron chi connectivity index (χ4n) is 9.90. The zero-order chi connectivity index (χ0) is 25.6. The van der Waals surface area contributed by atoms with E-state index in [1.165, 1.54) is 38.5 Å². The summed E-state index contributed by atoms with van der Waals surface area (Å²) in [5.74, 6) is 3.27. The Morgan fingerprint density at radius 1 is 1.00 bits per heavy atom. The van der Waals surface area contributed by atoms with Gasteiger partial charge in [0, 0.05) is 19.4 Å². The highest BCUT2D eigenvalue weighted by Gasteiger charge is 2.61. The lowest BCUT2D eigenvalue weighted by Crippen LogP contribution is -2.56. The molecule has 2 N–H and O–H groups in total. The molecule has 0 heterocycles. The molecule has 0 saturated heterocycles. The molecule has 0 aliphatic heterocycles. The van der Waals surface area contributed by atoms with E-state index in [4.69, 9.17) is 4.74 Å². The molecule has 0 aromatic carbocycles. The Morgan fingerprint density at radius 2 is 1.71 bits per heavy atom. The van der Waals surface area contributed by atoms with Crippen molar-refractivity contribution in [3.63, 3.8) is 0 Å². The first kappa shape index (κ1) is 27.1. The first-order chi connectivity index (χ1) is 16.4. The van der Waals surface area contributed by atoms with Crippen molar-refractivity contribution in [2.24, 2.45) is 46.3 Å². The number of Topliss-reactive ketones (excluding diaryl/α,β-unsaturated/α-hetero) is 1. The Kier molecular flexibility index (Phi) is 7.81. The predicted octanol–water partition coefficient (Wildman–Crippen LogP) is 6.26. The van der Waals surface area contributed by atoms with E-state index in [0.717, 1.165) is 43.4 Å². The van der Waals surface area contributed by atoms with E-state index in [0.29, 0.717) is 42.6 Å². The minimum atomic E-state index is -0.788. The first-order valence-electron chi connectivity index (χ1n) is 14.5. The highest BCUT2D eigenvalue weighted by molar-refractivity contribution is 5.80. The number of carbonyl (C=O) groups excluding carboxylic acids is 1. The molecule has 0 bridgehead atoms. The lowest BCUT2D eigenvalue weighted by atomic mass is 9.43. The summed E-state index contributed by atoms with van der Waals surface area (Å²) >= 11 is 0. The fraction of sp³-hybridized carbons (Fsp3) is 0.933. The van der Waals surface area contributed by atoms with Crippen LogP contribution in [0, 0.1) is 46.3 Å². The van der Waals surface area contributed by atoms with Crippen molar-refractivity contribution < 1.29 is 24.5 Å². The molecule has 0 aromatic heterocycles. The van der Waals surface area contributed by atoms with Crippen LogP contribution < -0.4 is 0 Å². The Hall–Kier alpha value is -0.940. The second-order valence-corrected chi connectivity index (χ2v) is 13.5. The third-order valence-corrected chi connectivity index (χ3v) is 11.8. The molecular weight excluding hydrogens is 440 g/mol. The van der Waals surface area contributed by atoms with Crippen LogP contribution in [-0.4, -0.2) is 40.3 Å². The number of rotatable bonds is 9. The van der Waals surface area contributed by atoms with Crippen molar-refractivity contribution >= 4 is 11.8 Å². The average Bonchev–Trinajstić information content (AvgIpc) is 3.15. The highest BCUT2D eigenvalue weighted by atomic mass is 16.5. The average molecular weight is 491 g/mol. The van der Waals surface area contributed by atoms with Crippen LogP contribution in [0.5, 0.6) is 0 Å². The van der Waals surface area contributed by atoms with Gasteiger partial charge in [0.2, 0.25) is 0 Å². The maximum absolute atomic E-state index is 12.1. The fourth-order valence-corrected chi connectivity index (χ4v) is 9.90. The molecule has 10 atom stereocenters. The van der Waals surface area contributed by atoms with Crippen molar-refractivity contribution in [2.75, 3.05) is 6.61 Å². The number of aliphatic carboxylic acids is 1. The largest absolute Gasteiger partial charge is 0.481 e. The predicted molar refractivity (Wildman–Crippen MR) is 137 cm³/mol. The summed E-state index contributed by atoms with van der Waals surface area (Å²) in [5.41, 5.74) is -0.158. The quantitative estimate of drug-likeness (QED) is 0.398. The summed E-state index contributed by atoms with van der Waals surface area (Å²) in [6.45, 7) is 11.3. The molecule has 5 heteroatoms. The number of carboxylic acids is 1. The third kappa shape index (κ3) is 4.98. The van der Waals surface area contributed by atoms with Crippen molar-refractivity contribution in [2.45, 2.75) is 123 Å². The molecule has 0 amide bonds. The highest BCUT2D eigenvalue weighted by Crippen LogP contribution is 2.69. The van der Waals surface area contributed by atoms with Gasteiger partial charge in [-0.3, -0.25) is 9.59 Å². The van der Waals surface area contributed by atoms with Gasteiger partial charge in [0.25, 0.3) is 0 Å². The minimum Gasteiger partial charge on any atom is -0.481 e. The van der Waals surface area contributed by atoms with Crippen LogP contribution in [0.3, 0.4) is 0 Å². The van der Waals surface area contributed by atoms with Gasteiger partial charge in [0.05, 0.1) is 5.60 Å². The van der Waals surface area contributed by atoms with Crippen LogP contribution >= 0.6 is 0 Å². The van der Waals surface area contributed by atoms with Gasteiger partial charge in [-0.25, -0.2) is 0 Å². The molecule has 4 aliphatic rings. The second-order valence-electron chi connectivity index (χ2n) is 13.5. The first-order valence-corrected chi connectivity index (χ1v) is 14.5. The summed E-state index contributed by atoms with van der Waals surface area (Å²) in [6, 6.07) is 0. The van der Waals surface area contributed by atoms with Crippen molar-refractivity contribution in [1.82, 2.24) is 0 Å². The smallest absolute Gasteiger partial charge is 0.303 e. The zero-order valence-corrected chi connectivity index (χ0v) is 22.9. The second kappa shape index (κ2) is 10.1. The van der Waals surface area contributed by atoms with Gasteiger partial charge in [-0.05, 0) is 124 Å². The minimum absolute atomic E-state index is 0.0252. The van der Waals surface area contributed by atoms with Crippen LogP contribution in [0.1, 0.15) is 112 Å². The molecule has 0 spiro atoms. The van der Waals surface area contributed by atoms with Crippen LogP contribution in [-0.2, 0) is 14.3 Å². The number of ketones is 1. The van der Waals surface area contributed by atoms with Crippen molar-refractivity contribution in [3.05, 3.63) is 0 Å². The van der Waals surface area contributed by atoms with Gasteiger partial charge in [0.15, 0.2) is 5.78 Å². The van der Waals surface area contributed by atoms with Gasteiger partial charge in [-0.1, -0.05) is 20.8 Å². The van der Waals surface area contributed by atoms with E-state index >= 15 is 0 Å².